The molecule has 0 unspecified atom stereocenters. The minimum absolute atomic E-state index is 0.00200. The molecule has 192 valence electrons. The van der Waals surface area contributed by atoms with Gasteiger partial charge >= 0.3 is 11.7 Å². The van der Waals surface area contributed by atoms with Crippen LogP contribution in [-0.4, -0.2) is 26.4 Å². The number of esters is 1. The average molecular weight is 524 g/mol. The molecule has 2 aromatic carbocycles. The number of hydrogen-bond donors (Lipinski definition) is 1. The zero-order chi connectivity index (χ0) is 26.9. The van der Waals surface area contributed by atoms with Gasteiger partial charge in [-0.1, -0.05) is 24.3 Å². The van der Waals surface area contributed by atoms with Gasteiger partial charge < -0.3 is 10.1 Å². The summed E-state index contributed by atoms with van der Waals surface area (Å²) in [5.41, 5.74) is 0.426. The second-order valence-corrected chi connectivity index (χ2v) is 10.6. The molecule has 4 aromatic rings. The molecule has 0 aliphatic heterocycles. The third kappa shape index (κ3) is 5.86. The van der Waals surface area contributed by atoms with E-state index in [1.165, 1.54) is 22.7 Å². The van der Waals surface area contributed by atoms with Gasteiger partial charge in [0.05, 0.1) is 12.1 Å². The number of nitrogens with zero attached hydrogens (tertiary/aromatic N) is 2. The molecule has 0 aliphatic carbocycles. The largest absolute Gasteiger partial charge is 0.456 e. The molecule has 37 heavy (non-hydrogen) atoms. The van der Waals surface area contributed by atoms with Crippen LogP contribution in [0.5, 0.6) is 0 Å². The van der Waals surface area contributed by atoms with Crippen LogP contribution >= 0.6 is 11.3 Å². The van der Waals surface area contributed by atoms with E-state index >= 15 is 0 Å². The Bertz CT molecular complexity index is 1590. The third-order valence-corrected chi connectivity index (χ3v) is 6.72. The summed E-state index contributed by atoms with van der Waals surface area (Å²) in [7, 11) is 0. The number of hydrogen-bond acceptors (Lipinski definition) is 6. The first kappa shape index (κ1) is 26.0. The number of ether oxygens (including phenoxy) is 1. The zero-order valence-corrected chi connectivity index (χ0v) is 21.6. The van der Waals surface area contributed by atoms with Crippen molar-refractivity contribution in [3.8, 4) is 0 Å². The Morgan fingerprint density at radius 1 is 1.00 bits per heavy atom. The second kappa shape index (κ2) is 10.1. The van der Waals surface area contributed by atoms with E-state index in [0.717, 1.165) is 21.5 Å². The van der Waals surface area contributed by atoms with Gasteiger partial charge in [-0.3, -0.25) is 18.6 Å². The van der Waals surface area contributed by atoms with Crippen LogP contribution < -0.4 is 16.6 Å². The van der Waals surface area contributed by atoms with Crippen molar-refractivity contribution in [3.63, 3.8) is 0 Å². The fourth-order valence-electron chi connectivity index (χ4n) is 3.65. The first-order valence-corrected chi connectivity index (χ1v) is 12.3. The molecular formula is C27H26FN3O5S. The smallest absolute Gasteiger partial charge is 0.338 e. The van der Waals surface area contributed by atoms with E-state index in [4.69, 9.17) is 4.74 Å². The molecule has 2 heterocycles. The average Bonchev–Trinajstić information content (AvgIpc) is 3.30. The number of thiazole rings is 1. The maximum absolute atomic E-state index is 13.2. The van der Waals surface area contributed by atoms with E-state index in [-0.39, 0.29) is 23.8 Å². The molecule has 2 aromatic heterocycles. The third-order valence-electron chi connectivity index (χ3n) is 5.51. The molecule has 4 rings (SSSR count). The van der Waals surface area contributed by atoms with E-state index < -0.39 is 28.7 Å². The second-order valence-electron chi connectivity index (χ2n) is 9.58. The van der Waals surface area contributed by atoms with Gasteiger partial charge in [0.2, 0.25) is 0 Å². The van der Waals surface area contributed by atoms with Crippen LogP contribution in [0, 0.1) is 12.7 Å². The lowest BCUT2D eigenvalue weighted by molar-refractivity contribution is 0.00694. The van der Waals surface area contributed by atoms with Crippen LogP contribution in [0.15, 0.2) is 64.3 Å². The number of rotatable bonds is 6. The van der Waals surface area contributed by atoms with Gasteiger partial charge in [0.25, 0.3) is 11.5 Å². The Morgan fingerprint density at radius 2 is 1.62 bits per heavy atom. The lowest BCUT2D eigenvalue weighted by Gasteiger charge is -2.19. The van der Waals surface area contributed by atoms with Crippen LogP contribution in [0.1, 0.15) is 57.5 Å². The predicted octanol–water partition coefficient (Wildman–Crippen LogP) is 3.90. The summed E-state index contributed by atoms with van der Waals surface area (Å²) < 4.78 is 20.8. The summed E-state index contributed by atoms with van der Waals surface area (Å²) in [6, 6.07) is 12.3. The number of benzene rings is 2. The van der Waals surface area contributed by atoms with Crippen molar-refractivity contribution in [1.82, 2.24) is 14.3 Å². The molecule has 0 fully saturated rings. The van der Waals surface area contributed by atoms with E-state index in [9.17, 15) is 23.6 Å². The van der Waals surface area contributed by atoms with Crippen LogP contribution in [0.4, 0.5) is 4.39 Å². The Labute approximate surface area is 216 Å². The lowest BCUT2D eigenvalue weighted by atomic mass is 10.1. The summed E-state index contributed by atoms with van der Waals surface area (Å²) in [5.74, 6) is -1.24. The minimum Gasteiger partial charge on any atom is -0.456 e. The SMILES string of the molecule is Cc1c(=O)n(Cc2ccc(C(=O)OC(C)(C)C)cc2)c(=O)n2cc(C(=O)NCc3ccc(F)cc3)sc12. The normalized spacial score (nSPS) is 11.5. The highest BCUT2D eigenvalue weighted by Crippen LogP contribution is 2.19. The van der Waals surface area contributed by atoms with Gasteiger partial charge in [0, 0.05) is 18.3 Å². The standard InChI is InChI=1S/C27H26FN3O5S/c1-16-23(33)30(14-18-5-9-19(10-6-18)25(34)36-27(2,3)4)26(35)31-15-21(37-24(16)31)22(32)29-13-17-7-11-20(28)12-8-17/h5-12,15H,13-14H2,1-4H3,(H,29,32). The summed E-state index contributed by atoms with van der Waals surface area (Å²) in [6.45, 7) is 7.13. The fourth-order valence-corrected chi connectivity index (χ4v) is 4.65. The number of aromatic nitrogens is 2. The van der Waals surface area contributed by atoms with Gasteiger partial charge in [-0.2, -0.15) is 0 Å². The van der Waals surface area contributed by atoms with E-state index in [2.05, 4.69) is 5.32 Å². The Balaban J connectivity index is 1.57. The van der Waals surface area contributed by atoms with Gasteiger partial charge in [-0.05, 0) is 63.1 Å². The highest BCUT2D eigenvalue weighted by Gasteiger charge is 2.19. The molecule has 0 atom stereocenters. The molecule has 0 aliphatic rings. The summed E-state index contributed by atoms with van der Waals surface area (Å²) >= 11 is 1.05. The van der Waals surface area contributed by atoms with Crippen LogP contribution in [0.3, 0.4) is 0 Å². The quantitative estimate of drug-likeness (QED) is 0.387. The Hall–Kier alpha value is -4.05. The van der Waals surface area contributed by atoms with Crippen LogP contribution in [0.2, 0.25) is 0 Å². The van der Waals surface area contributed by atoms with Crippen molar-refractivity contribution in [2.24, 2.45) is 0 Å². The highest BCUT2D eigenvalue weighted by atomic mass is 32.1. The van der Waals surface area contributed by atoms with Crippen molar-refractivity contribution in [1.29, 1.82) is 0 Å². The molecule has 0 radical (unpaired) electrons. The Morgan fingerprint density at radius 3 is 2.24 bits per heavy atom. The van der Waals surface area contributed by atoms with Crippen molar-refractivity contribution >= 4 is 28.0 Å². The highest BCUT2D eigenvalue weighted by molar-refractivity contribution is 7.19. The molecule has 0 saturated carbocycles. The number of carbonyl (C=O) groups is 2. The van der Waals surface area contributed by atoms with E-state index in [1.807, 2.05) is 0 Å². The number of aryl methyl sites for hydroxylation is 1. The molecule has 10 heteroatoms. The molecule has 0 bridgehead atoms. The van der Waals surface area contributed by atoms with Gasteiger partial charge in [0.15, 0.2) is 0 Å². The molecule has 0 saturated heterocycles. The lowest BCUT2D eigenvalue weighted by Crippen LogP contribution is -2.38. The maximum Gasteiger partial charge on any atom is 0.338 e. The zero-order valence-electron chi connectivity index (χ0n) is 20.8. The first-order chi connectivity index (χ1) is 17.4. The van der Waals surface area contributed by atoms with Crippen molar-refractivity contribution < 1.29 is 18.7 Å². The number of nitrogens with one attached hydrogen (secondary N) is 1. The number of amides is 1. The molecule has 0 spiro atoms. The van der Waals surface area contributed by atoms with Gasteiger partial charge in [-0.15, -0.1) is 11.3 Å². The van der Waals surface area contributed by atoms with Crippen molar-refractivity contribution in [2.75, 3.05) is 0 Å². The maximum atomic E-state index is 13.2. The monoisotopic (exact) mass is 523 g/mol. The first-order valence-electron chi connectivity index (χ1n) is 11.5. The number of carbonyl (C=O) groups excluding carboxylic acids is 2. The van der Waals surface area contributed by atoms with Crippen LogP contribution in [-0.2, 0) is 17.8 Å². The number of fused-ring (bicyclic) bond motifs is 1. The molecule has 8 nitrogen and oxygen atoms in total. The summed E-state index contributed by atoms with van der Waals surface area (Å²) in [5, 5.41) is 2.74. The van der Waals surface area contributed by atoms with E-state index in [1.54, 1.807) is 64.1 Å². The van der Waals surface area contributed by atoms with Crippen molar-refractivity contribution in [2.45, 2.75) is 46.4 Å². The predicted molar refractivity (Wildman–Crippen MR) is 139 cm³/mol. The summed E-state index contributed by atoms with van der Waals surface area (Å²) in [6.07, 6.45) is 1.41. The van der Waals surface area contributed by atoms with Crippen LogP contribution in [0.25, 0.3) is 4.83 Å². The fraction of sp³-hybridized carbons (Fsp3) is 0.259. The molecule has 1 N–H and O–H groups in total. The topological polar surface area (TPSA) is 98.9 Å². The minimum atomic E-state index is -0.623. The molecule has 1 amide bonds. The Kier molecular flexibility index (Phi) is 7.13. The van der Waals surface area contributed by atoms with E-state index in [0.29, 0.717) is 21.5 Å². The number of halogens is 1. The van der Waals surface area contributed by atoms with Crippen molar-refractivity contribution in [3.05, 3.63) is 109 Å². The van der Waals surface area contributed by atoms with Gasteiger partial charge in [-0.25, -0.2) is 14.0 Å². The van der Waals surface area contributed by atoms with Gasteiger partial charge in [0.1, 0.15) is 21.1 Å². The molecular weight excluding hydrogens is 497 g/mol. The summed E-state index contributed by atoms with van der Waals surface area (Å²) in [4.78, 5) is 51.8.